The minimum Gasteiger partial charge on any atom is -0.492 e. The number of halogens is 2. The van der Waals surface area contributed by atoms with Crippen LogP contribution in [-0.2, 0) is 0 Å². The largest absolute Gasteiger partial charge is 0.492 e. The molecule has 0 amide bonds. The van der Waals surface area contributed by atoms with Gasteiger partial charge in [-0.1, -0.05) is 24.3 Å². The summed E-state index contributed by atoms with van der Waals surface area (Å²) in [7, 11) is 0. The smallest absolute Gasteiger partial charge is 0.121 e. The number of hydrogen-bond donors (Lipinski definition) is 0. The summed E-state index contributed by atoms with van der Waals surface area (Å²) >= 11 is 11.3. The van der Waals surface area contributed by atoms with Gasteiger partial charge in [0.15, 0.2) is 0 Å². The van der Waals surface area contributed by atoms with Gasteiger partial charge in [0.25, 0.3) is 0 Å². The number of benzene rings is 1. The Hall–Kier alpha value is -0.660. The Labute approximate surface area is 87.9 Å². The Bertz CT molecular complexity index is 297. The molecule has 0 unspecified atom stereocenters. The molecule has 0 atom stereocenters. The van der Waals surface area contributed by atoms with Crippen LogP contribution in [0.2, 0.25) is 5.02 Å². The van der Waals surface area contributed by atoms with Gasteiger partial charge < -0.3 is 4.74 Å². The lowest BCUT2D eigenvalue weighted by Gasteiger charge is -2.05. The molecular weight excluding hydrogens is 207 g/mol. The molecule has 0 heterocycles. The highest BCUT2D eigenvalue weighted by atomic mass is 35.5. The number of rotatable bonds is 4. The van der Waals surface area contributed by atoms with Crippen LogP contribution in [-0.4, -0.2) is 12.5 Å². The Balaban J connectivity index is 2.81. The molecule has 0 bridgehead atoms. The van der Waals surface area contributed by atoms with Crippen molar-refractivity contribution in [2.45, 2.75) is 0 Å². The van der Waals surface area contributed by atoms with E-state index in [-0.39, 0.29) is 0 Å². The second-order valence-electron chi connectivity index (χ2n) is 2.46. The molecule has 13 heavy (non-hydrogen) atoms. The fourth-order valence-electron chi connectivity index (χ4n) is 0.942. The molecule has 1 nitrogen and oxygen atoms in total. The minimum absolute atomic E-state index is 0.468. The lowest BCUT2D eigenvalue weighted by molar-refractivity contribution is 0.343. The zero-order valence-electron chi connectivity index (χ0n) is 7.09. The van der Waals surface area contributed by atoms with Gasteiger partial charge in [0, 0.05) is 5.02 Å². The molecule has 1 aromatic carbocycles. The summed E-state index contributed by atoms with van der Waals surface area (Å²) in [5.74, 6) is 1.19. The first-order valence-electron chi connectivity index (χ1n) is 3.88. The van der Waals surface area contributed by atoms with Crippen molar-refractivity contribution in [3.05, 3.63) is 35.4 Å². The molecule has 0 aliphatic carbocycles. The predicted octanol–water partition coefficient (Wildman–Crippen LogP) is 3.60. The standard InChI is InChI=1S/C10H10Cl2O/c1-2-8-5-9(12)7-10(6-8)13-4-3-11/h2,5-7H,1,3-4H2. The third-order valence-corrected chi connectivity index (χ3v) is 1.85. The van der Waals surface area contributed by atoms with Gasteiger partial charge in [-0.05, 0) is 23.8 Å². The fourth-order valence-corrected chi connectivity index (χ4v) is 1.25. The summed E-state index contributed by atoms with van der Waals surface area (Å²) in [6.07, 6.45) is 1.72. The molecule has 0 aromatic heterocycles. The van der Waals surface area contributed by atoms with Crippen LogP contribution in [0.1, 0.15) is 5.56 Å². The Morgan fingerprint density at radius 2 is 2.15 bits per heavy atom. The van der Waals surface area contributed by atoms with E-state index in [0.29, 0.717) is 17.5 Å². The van der Waals surface area contributed by atoms with Gasteiger partial charge in [0.05, 0.1) is 5.88 Å². The molecule has 1 rings (SSSR count). The molecule has 0 aliphatic rings. The van der Waals surface area contributed by atoms with Crippen LogP contribution in [0.5, 0.6) is 5.75 Å². The second-order valence-corrected chi connectivity index (χ2v) is 3.28. The van der Waals surface area contributed by atoms with Crippen molar-refractivity contribution in [3.63, 3.8) is 0 Å². The van der Waals surface area contributed by atoms with Gasteiger partial charge in [-0.2, -0.15) is 0 Å². The minimum atomic E-state index is 0.468. The second kappa shape index (κ2) is 5.15. The zero-order valence-corrected chi connectivity index (χ0v) is 8.61. The first-order valence-corrected chi connectivity index (χ1v) is 4.79. The summed E-state index contributed by atoms with van der Waals surface area (Å²) in [4.78, 5) is 0. The third-order valence-electron chi connectivity index (χ3n) is 1.48. The summed E-state index contributed by atoms with van der Waals surface area (Å²) in [5, 5.41) is 0.641. The Kier molecular flexibility index (Phi) is 4.13. The highest BCUT2D eigenvalue weighted by Crippen LogP contribution is 2.21. The van der Waals surface area contributed by atoms with Gasteiger partial charge >= 0.3 is 0 Å². The molecule has 0 saturated carbocycles. The molecule has 1 aromatic rings. The van der Waals surface area contributed by atoms with Crippen molar-refractivity contribution in [1.29, 1.82) is 0 Å². The number of alkyl halides is 1. The van der Waals surface area contributed by atoms with Crippen molar-refractivity contribution in [3.8, 4) is 5.75 Å². The summed E-state index contributed by atoms with van der Waals surface area (Å²) < 4.78 is 5.31. The molecule has 0 radical (unpaired) electrons. The van der Waals surface area contributed by atoms with Crippen molar-refractivity contribution in [2.24, 2.45) is 0 Å². The lowest BCUT2D eigenvalue weighted by atomic mass is 10.2. The van der Waals surface area contributed by atoms with Crippen LogP contribution in [0.4, 0.5) is 0 Å². The van der Waals surface area contributed by atoms with E-state index in [9.17, 15) is 0 Å². The van der Waals surface area contributed by atoms with Crippen LogP contribution in [0, 0.1) is 0 Å². The van der Waals surface area contributed by atoms with E-state index >= 15 is 0 Å². The lowest BCUT2D eigenvalue weighted by Crippen LogP contribution is -1.97. The average Bonchev–Trinajstić information content (AvgIpc) is 2.14. The average molecular weight is 217 g/mol. The van der Waals surface area contributed by atoms with Crippen LogP contribution in [0.3, 0.4) is 0 Å². The molecule has 0 fully saturated rings. The zero-order chi connectivity index (χ0) is 9.68. The van der Waals surface area contributed by atoms with E-state index in [1.165, 1.54) is 0 Å². The van der Waals surface area contributed by atoms with E-state index in [2.05, 4.69) is 6.58 Å². The third kappa shape index (κ3) is 3.29. The molecule has 3 heteroatoms. The van der Waals surface area contributed by atoms with Crippen molar-refractivity contribution in [1.82, 2.24) is 0 Å². The van der Waals surface area contributed by atoms with Crippen molar-refractivity contribution >= 4 is 29.3 Å². The Morgan fingerprint density at radius 3 is 2.77 bits per heavy atom. The quantitative estimate of drug-likeness (QED) is 0.700. The van der Waals surface area contributed by atoms with E-state index in [1.54, 1.807) is 12.1 Å². The van der Waals surface area contributed by atoms with E-state index < -0.39 is 0 Å². The molecule has 0 saturated heterocycles. The van der Waals surface area contributed by atoms with E-state index in [4.69, 9.17) is 27.9 Å². The maximum absolute atomic E-state index is 5.85. The predicted molar refractivity (Wildman–Crippen MR) is 57.8 cm³/mol. The topological polar surface area (TPSA) is 9.23 Å². The summed E-state index contributed by atoms with van der Waals surface area (Å²) in [6.45, 7) is 4.14. The number of hydrogen-bond acceptors (Lipinski definition) is 1. The van der Waals surface area contributed by atoms with E-state index in [1.807, 2.05) is 12.1 Å². The number of ether oxygens (including phenoxy) is 1. The monoisotopic (exact) mass is 216 g/mol. The van der Waals surface area contributed by atoms with Crippen molar-refractivity contribution in [2.75, 3.05) is 12.5 Å². The SMILES string of the molecule is C=Cc1cc(Cl)cc(OCCCl)c1. The molecule has 70 valence electrons. The first-order chi connectivity index (χ1) is 6.26. The van der Waals surface area contributed by atoms with Crippen LogP contribution < -0.4 is 4.74 Å². The molecule has 0 spiro atoms. The maximum Gasteiger partial charge on any atom is 0.121 e. The molecule has 0 N–H and O–H groups in total. The highest BCUT2D eigenvalue weighted by Gasteiger charge is 1.97. The Morgan fingerprint density at radius 1 is 1.38 bits per heavy atom. The van der Waals surface area contributed by atoms with Gasteiger partial charge in [-0.15, -0.1) is 11.6 Å². The fraction of sp³-hybridized carbons (Fsp3) is 0.200. The van der Waals surface area contributed by atoms with Crippen LogP contribution in [0.25, 0.3) is 6.08 Å². The normalized spacial score (nSPS) is 9.69. The van der Waals surface area contributed by atoms with Gasteiger partial charge in [0.2, 0.25) is 0 Å². The van der Waals surface area contributed by atoms with Gasteiger partial charge in [0.1, 0.15) is 12.4 Å². The summed E-state index contributed by atoms with van der Waals surface area (Å²) in [6, 6.07) is 5.44. The highest BCUT2D eigenvalue weighted by molar-refractivity contribution is 6.30. The maximum atomic E-state index is 5.85. The van der Waals surface area contributed by atoms with Gasteiger partial charge in [-0.3, -0.25) is 0 Å². The van der Waals surface area contributed by atoms with Crippen molar-refractivity contribution < 1.29 is 4.74 Å². The molecule has 0 aliphatic heterocycles. The first kappa shape index (κ1) is 10.4. The van der Waals surface area contributed by atoms with Crippen LogP contribution >= 0.6 is 23.2 Å². The van der Waals surface area contributed by atoms with Crippen LogP contribution in [0.15, 0.2) is 24.8 Å². The summed E-state index contributed by atoms with van der Waals surface area (Å²) in [5.41, 5.74) is 0.942. The van der Waals surface area contributed by atoms with Gasteiger partial charge in [-0.25, -0.2) is 0 Å². The van der Waals surface area contributed by atoms with E-state index in [0.717, 1.165) is 11.3 Å². The molecular formula is C10H10Cl2O.